The molecule has 0 bridgehead atoms. The number of nitrogens with one attached hydrogen (secondary N) is 1. The third-order valence-electron chi connectivity index (χ3n) is 5.71. The van der Waals surface area contributed by atoms with Crippen LogP contribution < -0.4 is 11.1 Å². The first kappa shape index (κ1) is 24.0. The van der Waals surface area contributed by atoms with Crippen molar-refractivity contribution in [3.63, 3.8) is 0 Å². The zero-order valence-corrected chi connectivity index (χ0v) is 18.7. The smallest absolute Gasteiger partial charge is 0.383 e. The van der Waals surface area contributed by atoms with Crippen molar-refractivity contribution in [3.8, 4) is 0 Å². The molecule has 12 heteroatoms. The Morgan fingerprint density at radius 1 is 1.14 bits per heavy atom. The monoisotopic (exact) mass is 485 g/mol. The van der Waals surface area contributed by atoms with E-state index in [1.54, 1.807) is 19.2 Å². The number of pyridine rings is 2. The first-order chi connectivity index (χ1) is 16.6. The largest absolute Gasteiger partial charge is 0.417 e. The molecule has 3 N–H and O–H groups in total. The maximum atomic E-state index is 13.4. The van der Waals surface area contributed by atoms with Crippen LogP contribution in [0.2, 0.25) is 0 Å². The molecule has 0 saturated carbocycles. The number of nitrogen functional groups attached to an aromatic ring is 1. The summed E-state index contributed by atoms with van der Waals surface area (Å²) in [6.45, 7) is 1.52. The second-order valence-electron chi connectivity index (χ2n) is 8.15. The summed E-state index contributed by atoms with van der Waals surface area (Å²) in [7, 11) is 0. The number of halogens is 3. The van der Waals surface area contributed by atoms with Gasteiger partial charge < -0.3 is 16.0 Å². The summed E-state index contributed by atoms with van der Waals surface area (Å²) >= 11 is 0. The molecule has 0 radical (unpaired) electrons. The summed E-state index contributed by atoms with van der Waals surface area (Å²) in [4.78, 5) is 44.1. The van der Waals surface area contributed by atoms with Crippen molar-refractivity contribution in [1.29, 1.82) is 0 Å². The van der Waals surface area contributed by atoms with Gasteiger partial charge in [-0.25, -0.2) is 4.98 Å². The summed E-state index contributed by atoms with van der Waals surface area (Å²) in [6, 6.07) is 3.06. The molecule has 9 nitrogen and oxygen atoms in total. The highest BCUT2D eigenvalue weighted by molar-refractivity contribution is 6.39. The van der Waals surface area contributed by atoms with Crippen molar-refractivity contribution in [2.45, 2.75) is 44.9 Å². The SMILES string of the molecule is Cc1cc(NC(=O)C(=O)N(Cc2ccc(C(F)(F)F)cn2)C2CCCc3nccnc32)cnc1N. The lowest BCUT2D eigenvalue weighted by Crippen LogP contribution is -2.43. The van der Waals surface area contributed by atoms with Crippen molar-refractivity contribution in [2.75, 3.05) is 11.1 Å². The number of hydrogen-bond donors (Lipinski definition) is 2. The molecule has 0 aliphatic heterocycles. The number of fused-ring (bicyclic) bond motifs is 1. The van der Waals surface area contributed by atoms with Gasteiger partial charge >= 0.3 is 18.0 Å². The maximum Gasteiger partial charge on any atom is 0.417 e. The number of carbonyl (C=O) groups excluding carboxylic acids is 2. The molecule has 182 valence electrons. The third-order valence-corrected chi connectivity index (χ3v) is 5.71. The van der Waals surface area contributed by atoms with Crippen LogP contribution >= 0.6 is 0 Å². The number of rotatable bonds is 4. The van der Waals surface area contributed by atoms with E-state index in [1.807, 2.05) is 0 Å². The highest BCUT2D eigenvalue weighted by Gasteiger charge is 2.35. The highest BCUT2D eigenvalue weighted by atomic mass is 19.4. The zero-order valence-electron chi connectivity index (χ0n) is 18.7. The minimum absolute atomic E-state index is 0.190. The molecule has 3 aromatic heterocycles. The summed E-state index contributed by atoms with van der Waals surface area (Å²) in [5.41, 5.74) is 7.16. The van der Waals surface area contributed by atoms with Gasteiger partial charge in [-0.1, -0.05) is 0 Å². The van der Waals surface area contributed by atoms with Gasteiger partial charge in [-0.2, -0.15) is 13.2 Å². The summed E-state index contributed by atoms with van der Waals surface area (Å²) in [6.07, 6.45) is 2.42. The van der Waals surface area contributed by atoms with E-state index in [0.29, 0.717) is 48.2 Å². The van der Waals surface area contributed by atoms with Crippen molar-refractivity contribution in [2.24, 2.45) is 0 Å². The second-order valence-corrected chi connectivity index (χ2v) is 8.15. The van der Waals surface area contributed by atoms with E-state index in [1.165, 1.54) is 23.4 Å². The molecule has 0 fully saturated rings. The van der Waals surface area contributed by atoms with Crippen LogP contribution in [0.15, 0.2) is 43.0 Å². The fourth-order valence-electron chi connectivity index (χ4n) is 3.90. The molecule has 0 spiro atoms. The van der Waals surface area contributed by atoms with Gasteiger partial charge in [-0.3, -0.25) is 24.5 Å². The van der Waals surface area contributed by atoms with Crippen LogP contribution in [0.3, 0.4) is 0 Å². The number of carbonyl (C=O) groups is 2. The van der Waals surface area contributed by atoms with Gasteiger partial charge in [0.05, 0.1) is 47.1 Å². The standard InChI is InChI=1S/C23H22F3N7O2/c1-13-9-16(11-31-20(13)27)32-21(34)22(35)33(12-15-6-5-14(10-30-15)23(24,25)26)18-4-2-3-17-19(18)29-8-7-28-17/h5-11,18H,2-4,12H2,1H3,(H2,27,31)(H,32,34). The fraction of sp³-hybridized carbons (Fsp3) is 0.304. The molecule has 2 amide bonds. The van der Waals surface area contributed by atoms with Crippen molar-refractivity contribution in [1.82, 2.24) is 24.8 Å². The fourth-order valence-corrected chi connectivity index (χ4v) is 3.90. The molecule has 4 rings (SSSR count). The molecule has 0 saturated heterocycles. The Morgan fingerprint density at radius 2 is 1.91 bits per heavy atom. The van der Waals surface area contributed by atoms with Gasteiger partial charge in [-0.15, -0.1) is 0 Å². The minimum Gasteiger partial charge on any atom is -0.383 e. The van der Waals surface area contributed by atoms with Gasteiger partial charge in [0.1, 0.15) is 5.82 Å². The third kappa shape index (κ3) is 5.36. The van der Waals surface area contributed by atoms with Crippen LogP contribution in [0.1, 0.15) is 47.1 Å². The van der Waals surface area contributed by atoms with E-state index in [4.69, 9.17) is 5.73 Å². The number of hydrogen-bond acceptors (Lipinski definition) is 7. The minimum atomic E-state index is -4.54. The quantitative estimate of drug-likeness (QED) is 0.543. The predicted molar refractivity (Wildman–Crippen MR) is 120 cm³/mol. The predicted octanol–water partition coefficient (Wildman–Crippen LogP) is 3.22. The van der Waals surface area contributed by atoms with E-state index in [0.717, 1.165) is 6.07 Å². The molecular formula is C23H22F3N7O2. The lowest BCUT2D eigenvalue weighted by Gasteiger charge is -2.34. The lowest BCUT2D eigenvalue weighted by molar-refractivity contribution is -0.145. The number of aryl methyl sites for hydroxylation is 2. The summed E-state index contributed by atoms with van der Waals surface area (Å²) in [5, 5.41) is 2.51. The zero-order chi connectivity index (χ0) is 25.2. The Kier molecular flexibility index (Phi) is 6.63. The molecule has 3 aromatic rings. The molecule has 1 aliphatic rings. The summed E-state index contributed by atoms with van der Waals surface area (Å²) < 4.78 is 38.8. The number of alkyl halides is 3. The topological polar surface area (TPSA) is 127 Å². The Morgan fingerprint density at radius 3 is 2.60 bits per heavy atom. The van der Waals surface area contributed by atoms with Crippen LogP contribution in [-0.2, 0) is 28.7 Å². The van der Waals surface area contributed by atoms with Gasteiger partial charge in [0, 0.05) is 18.6 Å². The molecule has 1 aliphatic carbocycles. The molecule has 3 heterocycles. The van der Waals surface area contributed by atoms with Crippen molar-refractivity contribution >= 4 is 23.3 Å². The molecular weight excluding hydrogens is 463 g/mol. The van der Waals surface area contributed by atoms with Gasteiger partial charge in [0.25, 0.3) is 0 Å². The van der Waals surface area contributed by atoms with Crippen molar-refractivity contribution < 1.29 is 22.8 Å². The number of aromatic nitrogens is 4. The van der Waals surface area contributed by atoms with Crippen LogP contribution in [0.5, 0.6) is 0 Å². The van der Waals surface area contributed by atoms with Gasteiger partial charge in [-0.05, 0) is 49.9 Å². The van der Waals surface area contributed by atoms with Crippen molar-refractivity contribution in [3.05, 3.63) is 71.2 Å². The molecule has 1 atom stereocenters. The van der Waals surface area contributed by atoms with E-state index in [9.17, 15) is 22.8 Å². The van der Waals surface area contributed by atoms with Crippen LogP contribution in [0, 0.1) is 6.92 Å². The van der Waals surface area contributed by atoms with Gasteiger partial charge in [0.15, 0.2) is 0 Å². The van der Waals surface area contributed by atoms with E-state index in [-0.39, 0.29) is 17.9 Å². The van der Waals surface area contributed by atoms with E-state index >= 15 is 0 Å². The first-order valence-corrected chi connectivity index (χ1v) is 10.8. The van der Waals surface area contributed by atoms with Crippen LogP contribution in [0.4, 0.5) is 24.7 Å². The Labute approximate surface area is 198 Å². The Bertz CT molecular complexity index is 1250. The van der Waals surface area contributed by atoms with E-state index in [2.05, 4.69) is 25.3 Å². The number of nitrogens with two attached hydrogens (primary N) is 1. The van der Waals surface area contributed by atoms with E-state index < -0.39 is 29.6 Å². The maximum absolute atomic E-state index is 13.4. The van der Waals surface area contributed by atoms with Gasteiger partial charge in [0.2, 0.25) is 0 Å². The molecule has 35 heavy (non-hydrogen) atoms. The highest BCUT2D eigenvalue weighted by Crippen LogP contribution is 2.33. The summed E-state index contributed by atoms with van der Waals surface area (Å²) in [5.74, 6) is -1.52. The first-order valence-electron chi connectivity index (χ1n) is 10.8. The Hall–Kier alpha value is -4.09. The molecule has 0 aromatic carbocycles. The normalized spacial score (nSPS) is 15.3. The Balaban J connectivity index is 1.64. The average molecular weight is 485 g/mol. The van der Waals surface area contributed by atoms with Crippen LogP contribution in [-0.4, -0.2) is 36.7 Å². The molecule has 1 unspecified atom stereocenters. The number of nitrogens with zero attached hydrogens (tertiary/aromatic N) is 5. The number of amides is 2. The van der Waals surface area contributed by atoms with Crippen LogP contribution in [0.25, 0.3) is 0 Å². The second kappa shape index (κ2) is 9.65. The number of anilines is 2. The lowest BCUT2D eigenvalue weighted by atomic mass is 9.93. The average Bonchev–Trinajstić information content (AvgIpc) is 2.84.